The van der Waals surface area contributed by atoms with Gasteiger partial charge < -0.3 is 16.0 Å². The number of hydrogen-bond donors (Lipinski definition) is 2. The first kappa shape index (κ1) is 23.4. The van der Waals surface area contributed by atoms with Crippen molar-refractivity contribution in [3.8, 4) is 11.4 Å². The van der Waals surface area contributed by atoms with E-state index in [0.717, 1.165) is 6.07 Å². The first-order valence-electron chi connectivity index (χ1n) is 10.8. The lowest BCUT2D eigenvalue weighted by Crippen LogP contribution is -2.47. The maximum Gasteiger partial charge on any atom is 0.416 e. The van der Waals surface area contributed by atoms with Crippen LogP contribution in [0.2, 0.25) is 0 Å². The summed E-state index contributed by atoms with van der Waals surface area (Å²) in [4.78, 5) is 31.3. The molecular formula is C23H24F3N7O. The van der Waals surface area contributed by atoms with Gasteiger partial charge in [0.05, 0.1) is 5.56 Å². The van der Waals surface area contributed by atoms with Gasteiger partial charge in [-0.1, -0.05) is 18.2 Å². The molecule has 34 heavy (non-hydrogen) atoms. The number of rotatable bonds is 6. The first-order chi connectivity index (χ1) is 16.3. The molecule has 1 fully saturated rings. The average Bonchev–Trinajstić information content (AvgIpc) is 2.84. The number of carbonyl (C=O) groups excluding carboxylic acids is 1. The third-order valence-corrected chi connectivity index (χ3v) is 5.92. The van der Waals surface area contributed by atoms with Crippen LogP contribution in [-0.2, 0) is 17.4 Å². The molecule has 2 atom stereocenters. The van der Waals surface area contributed by atoms with Crippen LogP contribution in [0.1, 0.15) is 24.0 Å². The van der Waals surface area contributed by atoms with E-state index in [1.54, 1.807) is 31.6 Å². The van der Waals surface area contributed by atoms with Gasteiger partial charge in [-0.25, -0.2) is 0 Å². The van der Waals surface area contributed by atoms with Crippen LogP contribution >= 0.6 is 0 Å². The fraction of sp³-hybridized carbons (Fsp3) is 0.348. The van der Waals surface area contributed by atoms with E-state index < -0.39 is 29.6 Å². The molecule has 3 N–H and O–H groups in total. The molecule has 3 aromatic rings. The molecule has 0 spiro atoms. The number of benzene rings is 1. The zero-order valence-corrected chi connectivity index (χ0v) is 18.5. The van der Waals surface area contributed by atoms with E-state index in [1.165, 1.54) is 12.1 Å². The van der Waals surface area contributed by atoms with Gasteiger partial charge in [0.15, 0.2) is 5.82 Å². The van der Waals surface area contributed by atoms with E-state index in [1.807, 2.05) is 11.0 Å². The highest BCUT2D eigenvalue weighted by Crippen LogP contribution is 2.35. The van der Waals surface area contributed by atoms with Gasteiger partial charge >= 0.3 is 6.18 Å². The highest BCUT2D eigenvalue weighted by molar-refractivity contribution is 5.77. The number of nitrogens with one attached hydrogen (secondary N) is 1. The van der Waals surface area contributed by atoms with Crippen molar-refractivity contribution < 1.29 is 18.0 Å². The van der Waals surface area contributed by atoms with Crippen molar-refractivity contribution in [1.82, 2.24) is 19.9 Å². The molecule has 3 heterocycles. The molecule has 1 aliphatic heterocycles. The summed E-state index contributed by atoms with van der Waals surface area (Å²) in [6, 6.07) is 8.56. The van der Waals surface area contributed by atoms with Crippen LogP contribution in [-0.4, -0.2) is 45.5 Å². The number of aromatic nitrogens is 4. The van der Waals surface area contributed by atoms with Crippen LogP contribution in [0.5, 0.6) is 0 Å². The Balaban J connectivity index is 1.74. The summed E-state index contributed by atoms with van der Waals surface area (Å²) < 4.78 is 40.9. The molecule has 1 aliphatic rings. The summed E-state index contributed by atoms with van der Waals surface area (Å²) in [5.74, 6) is 0.110. The Labute approximate surface area is 194 Å². The maximum absolute atomic E-state index is 13.6. The number of nitrogens with two attached hydrogens (primary N) is 1. The smallest absolute Gasteiger partial charge is 0.369 e. The second-order valence-electron chi connectivity index (χ2n) is 8.10. The third kappa shape index (κ3) is 5.08. The number of amides is 1. The van der Waals surface area contributed by atoms with Gasteiger partial charge in [-0.3, -0.25) is 9.78 Å². The molecule has 4 rings (SSSR count). The summed E-state index contributed by atoms with van der Waals surface area (Å²) in [6.45, 7) is 0.367. The van der Waals surface area contributed by atoms with Crippen molar-refractivity contribution in [2.24, 2.45) is 11.7 Å². The Morgan fingerprint density at radius 2 is 1.97 bits per heavy atom. The minimum absolute atomic E-state index is 0.0578. The first-order valence-corrected chi connectivity index (χ1v) is 10.8. The quantitative estimate of drug-likeness (QED) is 0.568. The molecule has 2 unspecified atom stereocenters. The number of primary amides is 1. The van der Waals surface area contributed by atoms with Crippen LogP contribution in [0.15, 0.2) is 48.8 Å². The van der Waals surface area contributed by atoms with E-state index >= 15 is 0 Å². The van der Waals surface area contributed by atoms with E-state index in [2.05, 4.69) is 25.3 Å². The van der Waals surface area contributed by atoms with Crippen molar-refractivity contribution >= 4 is 17.8 Å². The van der Waals surface area contributed by atoms with Crippen LogP contribution in [0, 0.1) is 5.92 Å². The van der Waals surface area contributed by atoms with Crippen molar-refractivity contribution in [2.75, 3.05) is 23.8 Å². The predicted octanol–water partition coefficient (Wildman–Crippen LogP) is 3.31. The minimum atomic E-state index is -4.49. The van der Waals surface area contributed by atoms with E-state index in [0.29, 0.717) is 42.7 Å². The van der Waals surface area contributed by atoms with Crippen molar-refractivity contribution in [2.45, 2.75) is 31.5 Å². The third-order valence-electron chi connectivity index (χ3n) is 5.92. The highest BCUT2D eigenvalue weighted by atomic mass is 19.4. The average molecular weight is 471 g/mol. The Morgan fingerprint density at radius 1 is 1.18 bits per heavy atom. The predicted molar refractivity (Wildman–Crippen MR) is 121 cm³/mol. The van der Waals surface area contributed by atoms with Crippen LogP contribution in [0.25, 0.3) is 11.4 Å². The fourth-order valence-electron chi connectivity index (χ4n) is 4.22. The summed E-state index contributed by atoms with van der Waals surface area (Å²) in [5, 5.41) is 2.90. The number of pyridine rings is 1. The number of nitrogens with zero attached hydrogens (tertiary/aromatic N) is 5. The summed E-state index contributed by atoms with van der Waals surface area (Å²) in [5.41, 5.74) is 5.68. The molecule has 1 saturated heterocycles. The van der Waals surface area contributed by atoms with Crippen molar-refractivity contribution in [1.29, 1.82) is 0 Å². The molecule has 0 bridgehead atoms. The topological polar surface area (TPSA) is 110 Å². The number of carbonyl (C=O) groups is 1. The molecule has 2 aromatic heterocycles. The molecule has 0 radical (unpaired) electrons. The molecule has 1 amide bonds. The maximum atomic E-state index is 13.6. The van der Waals surface area contributed by atoms with Gasteiger partial charge in [-0.2, -0.15) is 28.1 Å². The molecule has 11 heteroatoms. The minimum Gasteiger partial charge on any atom is -0.369 e. The summed E-state index contributed by atoms with van der Waals surface area (Å²) >= 11 is 0. The highest BCUT2D eigenvalue weighted by Gasteiger charge is 2.37. The molecule has 1 aromatic carbocycles. The second kappa shape index (κ2) is 9.62. The Hall–Kier alpha value is -3.76. The van der Waals surface area contributed by atoms with E-state index in [-0.39, 0.29) is 12.0 Å². The molecule has 0 saturated carbocycles. The van der Waals surface area contributed by atoms with Gasteiger partial charge in [-0.05, 0) is 43.0 Å². The summed E-state index contributed by atoms with van der Waals surface area (Å²) in [7, 11) is 1.67. The SMILES string of the molecule is CNc1nc(-c2cccnc2)nc(N2CCC(C(N)=O)CC2Cc2ccccc2C(F)(F)F)n1. The molecule has 178 valence electrons. The van der Waals surface area contributed by atoms with Gasteiger partial charge in [0.2, 0.25) is 17.8 Å². The van der Waals surface area contributed by atoms with Crippen molar-refractivity contribution in [3.05, 3.63) is 59.9 Å². The van der Waals surface area contributed by atoms with Crippen LogP contribution in [0.4, 0.5) is 25.1 Å². The molecule has 0 aliphatic carbocycles. The summed E-state index contributed by atoms with van der Waals surface area (Å²) in [6.07, 6.45) is -0.427. The fourth-order valence-corrected chi connectivity index (χ4v) is 4.22. The lowest BCUT2D eigenvalue weighted by molar-refractivity contribution is -0.138. The van der Waals surface area contributed by atoms with Crippen LogP contribution in [0.3, 0.4) is 0 Å². The van der Waals surface area contributed by atoms with E-state index in [4.69, 9.17) is 5.73 Å². The zero-order valence-electron chi connectivity index (χ0n) is 18.5. The Bertz CT molecular complexity index is 1160. The molecule has 8 nitrogen and oxygen atoms in total. The Kier molecular flexibility index (Phi) is 6.62. The van der Waals surface area contributed by atoms with Gasteiger partial charge in [0.25, 0.3) is 0 Å². The number of hydrogen-bond acceptors (Lipinski definition) is 7. The monoisotopic (exact) mass is 471 g/mol. The van der Waals surface area contributed by atoms with E-state index in [9.17, 15) is 18.0 Å². The Morgan fingerprint density at radius 3 is 2.65 bits per heavy atom. The largest absolute Gasteiger partial charge is 0.416 e. The normalized spacial score (nSPS) is 18.5. The number of anilines is 2. The van der Waals surface area contributed by atoms with Gasteiger partial charge in [0, 0.05) is 43.5 Å². The van der Waals surface area contributed by atoms with Crippen LogP contribution < -0.4 is 16.0 Å². The molecular weight excluding hydrogens is 447 g/mol. The number of alkyl halides is 3. The lowest BCUT2D eigenvalue weighted by atomic mass is 9.86. The second-order valence-corrected chi connectivity index (χ2v) is 8.10. The van der Waals surface area contributed by atoms with Gasteiger partial charge in [0.1, 0.15) is 0 Å². The van der Waals surface area contributed by atoms with Crippen molar-refractivity contribution in [3.63, 3.8) is 0 Å². The van der Waals surface area contributed by atoms with Gasteiger partial charge in [-0.15, -0.1) is 0 Å². The number of piperidine rings is 1. The zero-order chi connectivity index (χ0) is 24.3. The number of halogens is 3. The lowest BCUT2D eigenvalue weighted by Gasteiger charge is -2.39. The standard InChI is InChI=1S/C23H24F3N7O/c1-28-21-30-20(16-6-4-9-29-13-16)31-22(32-21)33-10-8-15(19(27)34)12-17(33)11-14-5-2-3-7-18(14)23(24,25)26/h2-7,9,13,15,17H,8,10-12H2,1H3,(H2,27,34)(H,28,30,31,32).